The molecule has 0 radical (unpaired) electrons. The molecule has 2 aromatic heterocycles. The number of amides is 1. The van der Waals surface area contributed by atoms with Crippen LogP contribution in [-0.4, -0.2) is 27.3 Å². The smallest absolute Gasteiger partial charge is 0.276 e. The fourth-order valence-corrected chi connectivity index (χ4v) is 3.73. The predicted octanol–water partition coefficient (Wildman–Crippen LogP) is 3.37. The summed E-state index contributed by atoms with van der Waals surface area (Å²) in [7, 11) is 0. The number of hydrogen-bond acceptors (Lipinski definition) is 5. The zero-order valence-corrected chi connectivity index (χ0v) is 13.2. The molecule has 0 bridgehead atoms. The summed E-state index contributed by atoms with van der Waals surface area (Å²) < 4.78 is 5.30. The molecule has 1 unspecified atom stereocenters. The van der Waals surface area contributed by atoms with Crippen molar-refractivity contribution in [1.82, 2.24) is 14.9 Å². The van der Waals surface area contributed by atoms with Crippen LogP contribution in [0.3, 0.4) is 0 Å². The fraction of sp³-hybridized carbons (Fsp3) is 0.533. The van der Waals surface area contributed by atoms with Crippen LogP contribution in [-0.2, 0) is 6.42 Å². The van der Waals surface area contributed by atoms with Crippen LogP contribution in [0.25, 0.3) is 0 Å². The quantitative estimate of drug-likeness (QED) is 0.872. The third kappa shape index (κ3) is 2.72. The minimum Gasteiger partial charge on any atom is -0.448 e. The Labute approximate surface area is 128 Å². The van der Waals surface area contributed by atoms with Crippen molar-refractivity contribution < 1.29 is 9.21 Å². The van der Waals surface area contributed by atoms with Crippen molar-refractivity contribution in [3.05, 3.63) is 33.9 Å². The summed E-state index contributed by atoms with van der Waals surface area (Å²) in [6.07, 6.45) is 5.17. The summed E-state index contributed by atoms with van der Waals surface area (Å²) in [5.74, 6) is 0.637. The second-order valence-corrected chi connectivity index (χ2v) is 6.20. The number of aryl methyl sites for hydroxylation is 2. The van der Waals surface area contributed by atoms with Gasteiger partial charge in [-0.3, -0.25) is 4.79 Å². The standard InChI is InChI=1S/C15H19N3O2S/c1-3-12-13(16-9-20-12)15(19)18-7-5-4-6-11(18)14-17-10(2)8-21-14/h8-9,11H,3-7H2,1-2H3. The van der Waals surface area contributed by atoms with Gasteiger partial charge in [0.1, 0.15) is 10.8 Å². The van der Waals surface area contributed by atoms with Crippen LogP contribution in [0.5, 0.6) is 0 Å². The number of carbonyl (C=O) groups is 1. The van der Waals surface area contributed by atoms with Crippen LogP contribution in [0.2, 0.25) is 0 Å². The first-order valence-electron chi connectivity index (χ1n) is 7.36. The lowest BCUT2D eigenvalue weighted by Crippen LogP contribution is -2.39. The van der Waals surface area contributed by atoms with Crippen LogP contribution < -0.4 is 0 Å². The highest BCUT2D eigenvalue weighted by Gasteiger charge is 2.32. The lowest BCUT2D eigenvalue weighted by Gasteiger charge is -2.34. The zero-order valence-electron chi connectivity index (χ0n) is 12.3. The van der Waals surface area contributed by atoms with E-state index in [1.807, 2.05) is 24.1 Å². The van der Waals surface area contributed by atoms with E-state index < -0.39 is 0 Å². The second-order valence-electron chi connectivity index (χ2n) is 5.31. The number of oxazole rings is 1. The van der Waals surface area contributed by atoms with Gasteiger partial charge >= 0.3 is 0 Å². The number of carbonyl (C=O) groups excluding carboxylic acids is 1. The summed E-state index contributed by atoms with van der Waals surface area (Å²) >= 11 is 1.64. The molecule has 0 aromatic carbocycles. The molecule has 1 atom stereocenters. The average molecular weight is 305 g/mol. The first kappa shape index (κ1) is 14.3. The van der Waals surface area contributed by atoms with Gasteiger partial charge in [0.15, 0.2) is 12.1 Å². The Bertz CT molecular complexity index is 634. The topological polar surface area (TPSA) is 59.2 Å². The number of likely N-dealkylation sites (tertiary alicyclic amines) is 1. The Morgan fingerprint density at radius 1 is 1.52 bits per heavy atom. The lowest BCUT2D eigenvalue weighted by molar-refractivity contribution is 0.0603. The normalized spacial score (nSPS) is 19.0. The van der Waals surface area contributed by atoms with Gasteiger partial charge in [-0.15, -0.1) is 11.3 Å². The molecule has 1 fully saturated rings. The van der Waals surface area contributed by atoms with Crippen molar-refractivity contribution in [3.8, 4) is 0 Å². The third-order valence-corrected chi connectivity index (χ3v) is 4.91. The summed E-state index contributed by atoms with van der Waals surface area (Å²) in [6.45, 7) is 4.72. The monoisotopic (exact) mass is 305 g/mol. The summed E-state index contributed by atoms with van der Waals surface area (Å²) in [6, 6.07) is 0.0753. The Kier molecular flexibility index (Phi) is 4.05. The number of nitrogens with zero attached hydrogens (tertiary/aromatic N) is 3. The predicted molar refractivity (Wildman–Crippen MR) is 80.4 cm³/mol. The van der Waals surface area contributed by atoms with Crippen LogP contribution in [0, 0.1) is 6.92 Å². The van der Waals surface area contributed by atoms with Gasteiger partial charge in [-0.05, 0) is 26.2 Å². The Balaban J connectivity index is 1.89. The van der Waals surface area contributed by atoms with Gasteiger partial charge in [-0.25, -0.2) is 9.97 Å². The van der Waals surface area contributed by atoms with E-state index in [9.17, 15) is 4.79 Å². The van der Waals surface area contributed by atoms with E-state index in [1.165, 1.54) is 6.39 Å². The molecule has 6 heteroatoms. The molecule has 1 amide bonds. The van der Waals surface area contributed by atoms with Crippen LogP contribution in [0.15, 0.2) is 16.2 Å². The van der Waals surface area contributed by atoms with E-state index >= 15 is 0 Å². The lowest BCUT2D eigenvalue weighted by atomic mass is 10.0. The van der Waals surface area contributed by atoms with Crippen LogP contribution in [0.1, 0.15) is 59.2 Å². The van der Waals surface area contributed by atoms with Crippen LogP contribution >= 0.6 is 11.3 Å². The Hall–Kier alpha value is -1.69. The molecule has 0 spiro atoms. The molecular weight excluding hydrogens is 286 g/mol. The molecule has 1 aliphatic rings. The van der Waals surface area contributed by atoms with Gasteiger partial charge in [0.2, 0.25) is 0 Å². The van der Waals surface area contributed by atoms with Gasteiger partial charge in [0.05, 0.1) is 6.04 Å². The highest BCUT2D eigenvalue weighted by Crippen LogP contribution is 2.34. The van der Waals surface area contributed by atoms with Crippen molar-refractivity contribution >= 4 is 17.2 Å². The SMILES string of the molecule is CCc1ocnc1C(=O)N1CCCCC1c1nc(C)cs1. The molecule has 0 aliphatic carbocycles. The van der Waals surface area contributed by atoms with Crippen molar-refractivity contribution in [3.63, 3.8) is 0 Å². The van der Waals surface area contributed by atoms with Gasteiger partial charge < -0.3 is 9.32 Å². The van der Waals surface area contributed by atoms with E-state index in [4.69, 9.17) is 4.42 Å². The number of hydrogen-bond donors (Lipinski definition) is 0. The largest absolute Gasteiger partial charge is 0.448 e. The highest BCUT2D eigenvalue weighted by atomic mass is 32.1. The Morgan fingerprint density at radius 3 is 3.10 bits per heavy atom. The maximum absolute atomic E-state index is 12.8. The van der Waals surface area contributed by atoms with E-state index in [2.05, 4.69) is 9.97 Å². The number of piperidine rings is 1. The summed E-state index contributed by atoms with van der Waals surface area (Å²) in [5, 5.41) is 3.07. The average Bonchev–Trinajstić information content (AvgIpc) is 3.15. The van der Waals surface area contributed by atoms with E-state index in [1.54, 1.807) is 11.3 Å². The molecule has 1 aliphatic heterocycles. The van der Waals surface area contributed by atoms with Crippen LogP contribution in [0.4, 0.5) is 0 Å². The van der Waals surface area contributed by atoms with Crippen molar-refractivity contribution in [2.24, 2.45) is 0 Å². The molecule has 5 nitrogen and oxygen atoms in total. The summed E-state index contributed by atoms with van der Waals surface area (Å²) in [5.41, 5.74) is 1.47. The number of thiazole rings is 1. The molecule has 0 N–H and O–H groups in total. The minimum atomic E-state index is -0.0295. The van der Waals surface area contributed by atoms with Crippen molar-refractivity contribution in [2.75, 3.05) is 6.54 Å². The van der Waals surface area contributed by atoms with Gasteiger partial charge in [-0.2, -0.15) is 0 Å². The van der Waals surface area contributed by atoms with Gasteiger partial charge in [0.25, 0.3) is 5.91 Å². The molecule has 112 valence electrons. The Morgan fingerprint density at radius 2 is 2.38 bits per heavy atom. The van der Waals surface area contributed by atoms with Crippen molar-refractivity contribution in [1.29, 1.82) is 0 Å². The van der Waals surface area contributed by atoms with E-state index in [-0.39, 0.29) is 11.9 Å². The number of rotatable bonds is 3. The fourth-order valence-electron chi connectivity index (χ4n) is 2.79. The zero-order chi connectivity index (χ0) is 14.8. The molecule has 2 aromatic rings. The molecular formula is C15H19N3O2S. The van der Waals surface area contributed by atoms with E-state index in [0.29, 0.717) is 17.9 Å². The van der Waals surface area contributed by atoms with Crippen molar-refractivity contribution in [2.45, 2.75) is 45.6 Å². The maximum atomic E-state index is 12.8. The highest BCUT2D eigenvalue weighted by molar-refractivity contribution is 7.09. The maximum Gasteiger partial charge on any atom is 0.276 e. The molecule has 1 saturated heterocycles. The minimum absolute atomic E-state index is 0.0295. The van der Waals surface area contributed by atoms with Gasteiger partial charge in [0, 0.05) is 24.0 Å². The van der Waals surface area contributed by atoms with E-state index in [0.717, 1.165) is 36.5 Å². The second kappa shape index (κ2) is 5.97. The van der Waals surface area contributed by atoms with Gasteiger partial charge in [-0.1, -0.05) is 6.92 Å². The molecule has 21 heavy (non-hydrogen) atoms. The molecule has 0 saturated carbocycles. The summed E-state index contributed by atoms with van der Waals surface area (Å²) in [4.78, 5) is 23.4. The first-order valence-corrected chi connectivity index (χ1v) is 8.24. The number of aromatic nitrogens is 2. The first-order chi connectivity index (χ1) is 10.2. The molecule has 3 heterocycles. The third-order valence-electron chi connectivity index (χ3n) is 3.85. The molecule has 3 rings (SSSR count).